The predicted octanol–water partition coefficient (Wildman–Crippen LogP) is 32.4. The first kappa shape index (κ1) is 120. The summed E-state index contributed by atoms with van der Waals surface area (Å²) in [6.45, 7) is 72.3. The van der Waals surface area contributed by atoms with E-state index in [0.717, 1.165) is 217 Å². The standard InChI is InChI=1S/C33H51O3PSi2.C31H48O4S.C23H40O2S.C22H36O3S.C15H25I/c1-26-27(22-23-37(34,29-18-14-12-15-19-29)30-20-16-13-17-21-30)24-28(35-38(8,9)32(2,3)4)25-31(26)36-39(10,11)33(5,6)7;1-21(14-18-31(16-8-17-31)36(34,35)29(3,4)5)26-12-13-27-23(9-7-15-30(26,27)6)10-11-24-19-25(32)20-28(33)22(24)2;1-17-9-7-13-22(6)19(17)10-11-20(22)18(2)12-16-23(14-8-15-23)26(24,25)21(3,4)5;1-16(17-9-10-18-19(23)8-6-12-21(17,18)5)11-15-22(13-7-14-22)26(24,25)20(2,3)4;1-11-5-4-9-15(3)13(11)6-7-14(15)12(2)8-10-16/h12-22,28,31H,1,23-25H2,2-11H3;10-12,21,25,27-28,32-33H,2,7-9,13-20H2,1,3-6H3;11,17-19H,7-10,12-16H2,1-6H3;9,16,18H,6-8,10-15H2,1-5H3;7,11-13H,4-6,8-10H2,1-3H3/b27-22-;23-10+,24-11-;;;/t28-,31+;21-,25?,27+,28?,30-;17-,18+,19-,22-;16-,18+,21-;11-,12+,13-,15-/m11010/s1. The number of hydrogen-bond acceptors (Lipinski definition) is 12. The number of allylic oxidation sites excluding steroid dienone is 12. The number of carbonyl (C=O) groups excluding carboxylic acids is 1. The summed E-state index contributed by atoms with van der Waals surface area (Å²) in [6, 6.07) is 19.8. The Labute approximate surface area is 890 Å². The summed E-state index contributed by atoms with van der Waals surface area (Å²) < 4.78 is 106. The lowest BCUT2D eigenvalue weighted by molar-refractivity contribution is -0.128. The molecule has 0 heterocycles. The molecule has 0 bridgehead atoms. The summed E-state index contributed by atoms with van der Waals surface area (Å²) in [5.74, 6) is 6.69. The second-order valence-electron chi connectivity index (χ2n) is 54.9. The second-order valence-corrected chi connectivity index (χ2v) is 77.6. The molecule has 0 radical (unpaired) electrons. The molecule has 9 fully saturated rings. The summed E-state index contributed by atoms with van der Waals surface area (Å²) in [4.78, 5) is 12.4. The van der Waals surface area contributed by atoms with Crippen LogP contribution in [0.4, 0.5) is 0 Å². The molecule has 2 aromatic rings. The molecule has 19 heteroatoms. The van der Waals surface area contributed by atoms with Crippen LogP contribution in [0.1, 0.15) is 404 Å². The predicted molar refractivity (Wildman–Crippen MR) is 621 cm³/mol. The van der Waals surface area contributed by atoms with Gasteiger partial charge in [-0.1, -0.05) is 323 Å². The number of alkyl halides is 1. The van der Waals surface area contributed by atoms with E-state index < -0.39 is 94.0 Å². The van der Waals surface area contributed by atoms with Gasteiger partial charge in [-0.25, -0.2) is 25.3 Å². The monoisotopic (exact) mass is 2190 g/mol. The highest BCUT2D eigenvalue weighted by atomic mass is 127. The summed E-state index contributed by atoms with van der Waals surface area (Å²) in [6.07, 6.45) is 52.2. The Kier molecular flexibility index (Phi) is 38.5. The lowest BCUT2D eigenvalue weighted by Gasteiger charge is -2.47. The molecule has 143 heavy (non-hydrogen) atoms. The Morgan fingerprint density at radius 1 is 0.469 bits per heavy atom. The van der Waals surface area contributed by atoms with Crippen molar-refractivity contribution in [3.05, 3.63) is 167 Å². The lowest BCUT2D eigenvalue weighted by atomic mass is 9.60. The summed E-state index contributed by atoms with van der Waals surface area (Å²) in [7, 11) is -16.3. The fraction of sp³-hybridized carbons (Fsp3) is 0.750. The van der Waals surface area contributed by atoms with Crippen LogP contribution in [0.2, 0.25) is 36.3 Å². The van der Waals surface area contributed by atoms with Gasteiger partial charge in [-0.05, 0) is 363 Å². The minimum atomic E-state index is -3.18. The maximum atomic E-state index is 14.7. The van der Waals surface area contributed by atoms with Gasteiger partial charge in [-0.3, -0.25) is 4.79 Å². The molecule has 15 rings (SSSR count). The van der Waals surface area contributed by atoms with Crippen LogP contribution in [0, 0.1) is 80.8 Å². The van der Waals surface area contributed by atoms with Gasteiger partial charge in [0.2, 0.25) is 0 Å². The maximum absolute atomic E-state index is 14.7. The first-order valence-electron chi connectivity index (χ1n) is 56.6. The van der Waals surface area contributed by atoms with Gasteiger partial charge in [0.1, 0.15) is 12.9 Å². The van der Waals surface area contributed by atoms with Gasteiger partial charge in [0.05, 0.1) is 52.9 Å². The van der Waals surface area contributed by atoms with Crippen molar-refractivity contribution in [3.63, 3.8) is 0 Å². The van der Waals surface area contributed by atoms with Crippen molar-refractivity contribution in [2.24, 2.45) is 80.8 Å². The molecule has 0 aromatic heterocycles. The number of ketones is 1. The molecule has 2 N–H and O–H groups in total. The molecule has 2 unspecified atom stereocenters. The molecule has 13 aliphatic rings. The van der Waals surface area contributed by atoms with Gasteiger partial charge in [0.15, 0.2) is 46.1 Å². The van der Waals surface area contributed by atoms with E-state index in [9.17, 15) is 44.8 Å². The number of aliphatic hydroxyl groups is 2. The average Bonchev–Trinajstić information content (AvgIpc) is 1.39. The molecule has 2 aromatic carbocycles. The lowest BCUT2D eigenvalue weighted by Crippen LogP contribution is -2.52. The van der Waals surface area contributed by atoms with E-state index in [0.29, 0.717) is 59.3 Å². The van der Waals surface area contributed by atoms with Crippen LogP contribution >= 0.6 is 29.7 Å². The Morgan fingerprint density at radius 3 is 1.23 bits per heavy atom. The zero-order valence-corrected chi connectivity index (χ0v) is 103. The first-order chi connectivity index (χ1) is 66.1. The fourth-order valence-corrected chi connectivity index (χ4v) is 42.2. The summed E-state index contributed by atoms with van der Waals surface area (Å²) in [5.41, 5.74) is 12.8. The third-order valence-electron chi connectivity index (χ3n) is 40.5. The second kappa shape index (κ2) is 45.9. The number of aliphatic hydroxyl groups excluding tert-OH is 2. The Morgan fingerprint density at radius 2 is 0.839 bits per heavy atom. The zero-order valence-electron chi connectivity index (χ0n) is 95.2. The van der Waals surface area contributed by atoms with Gasteiger partial charge in [-0.2, -0.15) is 0 Å². The highest BCUT2D eigenvalue weighted by molar-refractivity contribution is 14.1. The van der Waals surface area contributed by atoms with Crippen molar-refractivity contribution in [1.29, 1.82) is 0 Å². The van der Waals surface area contributed by atoms with Crippen molar-refractivity contribution >= 4 is 92.3 Å². The van der Waals surface area contributed by atoms with E-state index in [1.807, 2.05) is 123 Å². The number of rotatable bonds is 27. The van der Waals surface area contributed by atoms with Gasteiger partial charge in [0, 0.05) is 46.4 Å². The van der Waals surface area contributed by atoms with Gasteiger partial charge >= 0.3 is 0 Å². The SMILES string of the molecule is C=C1/C(=C\C=C2/CCC[C@]3(C)C([C@H](C)CCC4(S(=O)(=O)C(C)(C)C)CCC4)=CC[C@@H]23)CC(O)CC1O.C=C1/C(=C\CP(=O)(c2ccccc2)c2ccccc2)C[C@@H](O[Si](C)(C)C(C)(C)C)C[C@@H]1O[Si](C)(C)C(C)(C)C.C[C@H](CCC1(S(=O)(=O)C(C)(C)C)CCC1)C1=CC[C@H]2C(=O)CCC[C@]12C.C[C@H](CCC1(S(=O)(=O)C(C)(C)C)CCC1)C1=CC[C@H]2[C@@H](C)CCC[C@]12C.C[C@H](CCI)C1=CC[C@H]2[C@@H](C)CCC[C@]12C. The van der Waals surface area contributed by atoms with Crippen molar-refractivity contribution < 1.29 is 53.7 Å². The maximum Gasteiger partial charge on any atom is 0.192 e. The Bertz CT molecular complexity index is 5370. The van der Waals surface area contributed by atoms with Crippen molar-refractivity contribution in [1.82, 2.24) is 0 Å². The molecule has 0 aliphatic heterocycles. The van der Waals surface area contributed by atoms with Crippen molar-refractivity contribution in [2.45, 2.75) is 493 Å². The van der Waals surface area contributed by atoms with Gasteiger partial charge in [0.25, 0.3) is 0 Å². The van der Waals surface area contributed by atoms with Gasteiger partial charge < -0.3 is 23.6 Å². The minimum absolute atomic E-state index is 0.0183. The van der Waals surface area contributed by atoms with Crippen LogP contribution in [0.25, 0.3) is 0 Å². The Hall–Kier alpha value is -3.15. The smallest absolute Gasteiger partial charge is 0.192 e. The van der Waals surface area contributed by atoms with Crippen molar-refractivity contribution in [3.8, 4) is 0 Å². The molecule has 18 atom stereocenters. The third-order valence-corrected chi connectivity index (χ3v) is 63.2. The van der Waals surface area contributed by atoms with Crippen LogP contribution in [0.15, 0.2) is 167 Å². The largest absolute Gasteiger partial charge is 0.413 e. The van der Waals surface area contributed by atoms with Crippen LogP contribution in [-0.4, -0.2) is 121 Å². The van der Waals surface area contributed by atoms with Crippen LogP contribution in [-0.2, 0) is 47.7 Å². The average molecular weight is 2190 g/mol. The minimum Gasteiger partial charge on any atom is -0.413 e. The molecule has 0 amide bonds. The number of halogens is 1. The van der Waals surface area contributed by atoms with Crippen molar-refractivity contribution in [2.75, 3.05) is 10.6 Å². The van der Waals surface area contributed by atoms with E-state index in [2.05, 4.69) is 215 Å². The van der Waals surface area contributed by atoms with E-state index in [1.54, 1.807) is 11.1 Å². The number of benzene rings is 2. The number of fused-ring (bicyclic) bond motifs is 4. The van der Waals surface area contributed by atoms with Crippen LogP contribution in [0.5, 0.6) is 0 Å². The quantitative estimate of drug-likeness (QED) is 0.0283. The van der Waals surface area contributed by atoms with Crippen LogP contribution in [0.3, 0.4) is 0 Å². The molecule has 0 saturated heterocycles. The number of hydrogen-bond donors (Lipinski definition) is 2. The number of Topliss-reactive ketones (excluding diaryl/α,β-unsaturated/α-hetero) is 1. The summed E-state index contributed by atoms with van der Waals surface area (Å²) >= 11 is 2.52. The van der Waals surface area contributed by atoms with E-state index in [1.165, 1.54) is 85.4 Å². The number of sulfone groups is 3. The molecule has 9 saturated carbocycles. The molecule has 13 aliphatic carbocycles. The molecule has 806 valence electrons. The molecule has 12 nitrogen and oxygen atoms in total. The summed E-state index contributed by atoms with van der Waals surface area (Å²) in [5, 5.41) is 22.3. The number of carbonyl (C=O) groups is 1. The first-order valence-corrected chi connectivity index (χ1v) is 70.3. The fourth-order valence-electron chi connectivity index (χ4n) is 28.6. The topological polar surface area (TPSA) is 195 Å². The van der Waals surface area contributed by atoms with E-state index >= 15 is 0 Å². The van der Waals surface area contributed by atoms with E-state index in [4.69, 9.17) is 8.85 Å². The molecular weight excluding hydrogens is 1990 g/mol. The van der Waals surface area contributed by atoms with Crippen LogP contribution < -0.4 is 10.6 Å². The normalized spacial score (nSPS) is 31.6. The highest BCUT2D eigenvalue weighted by Gasteiger charge is 2.59. The van der Waals surface area contributed by atoms with Gasteiger partial charge in [-0.15, -0.1) is 0 Å². The Balaban J connectivity index is 0.000000175. The molecule has 0 spiro atoms. The molecular formula is C124H200IO12PS3Si2. The highest BCUT2D eigenvalue weighted by Crippen LogP contribution is 2.64. The third kappa shape index (κ3) is 24.9. The van der Waals surface area contributed by atoms with E-state index in [-0.39, 0.29) is 39.0 Å². The zero-order chi connectivity index (χ0) is 106.